The summed E-state index contributed by atoms with van der Waals surface area (Å²) >= 11 is 0. The Hall–Kier alpha value is -1.66. The molecule has 0 radical (unpaired) electrons. The molecular formula is C17H22O6. The molecular weight excluding hydrogens is 300 g/mol. The fraction of sp³-hybridized carbons (Fsp3) is 0.647. The predicted octanol–water partition coefficient (Wildman–Crippen LogP) is 0.724. The SMILES string of the molecule is C=C1CC(OC(C)=O)C2C(C)C(=O)OC2C2C(C)(O)C=CC12O. The lowest BCUT2D eigenvalue weighted by molar-refractivity contribution is -0.155. The molecule has 0 aromatic carbocycles. The van der Waals surface area contributed by atoms with Gasteiger partial charge in [-0.25, -0.2) is 0 Å². The first-order valence-electron chi connectivity index (χ1n) is 7.79. The summed E-state index contributed by atoms with van der Waals surface area (Å²) < 4.78 is 10.9. The Morgan fingerprint density at radius 2 is 2.09 bits per heavy atom. The van der Waals surface area contributed by atoms with E-state index in [2.05, 4.69) is 6.58 Å². The van der Waals surface area contributed by atoms with Gasteiger partial charge in [-0.15, -0.1) is 0 Å². The number of carbonyl (C=O) groups is 2. The van der Waals surface area contributed by atoms with Crippen LogP contribution in [0.1, 0.15) is 27.2 Å². The third kappa shape index (κ3) is 2.23. The molecule has 0 bridgehead atoms. The van der Waals surface area contributed by atoms with Crippen LogP contribution in [0.4, 0.5) is 0 Å². The molecule has 3 rings (SSSR count). The maximum atomic E-state index is 12.1. The summed E-state index contributed by atoms with van der Waals surface area (Å²) in [6, 6.07) is 0. The van der Waals surface area contributed by atoms with Crippen LogP contribution in [0.2, 0.25) is 0 Å². The van der Waals surface area contributed by atoms with Crippen molar-refractivity contribution in [2.24, 2.45) is 17.8 Å². The van der Waals surface area contributed by atoms with Crippen molar-refractivity contribution in [2.75, 3.05) is 0 Å². The third-order valence-corrected chi connectivity index (χ3v) is 5.45. The van der Waals surface area contributed by atoms with Crippen LogP contribution in [0, 0.1) is 17.8 Å². The van der Waals surface area contributed by atoms with Crippen molar-refractivity contribution >= 4 is 11.9 Å². The molecule has 2 N–H and O–H groups in total. The first kappa shape index (κ1) is 16.2. The minimum atomic E-state index is -1.49. The number of esters is 2. The van der Waals surface area contributed by atoms with E-state index in [-0.39, 0.29) is 6.42 Å². The lowest BCUT2D eigenvalue weighted by Crippen LogP contribution is -2.52. The largest absolute Gasteiger partial charge is 0.462 e. The van der Waals surface area contributed by atoms with Gasteiger partial charge in [0.1, 0.15) is 17.8 Å². The summed E-state index contributed by atoms with van der Waals surface area (Å²) in [5.74, 6) is -2.57. The zero-order chi connectivity index (χ0) is 17.2. The minimum Gasteiger partial charge on any atom is -0.462 e. The van der Waals surface area contributed by atoms with E-state index in [1.807, 2.05) is 0 Å². The molecule has 6 nitrogen and oxygen atoms in total. The average molecular weight is 322 g/mol. The van der Waals surface area contributed by atoms with Gasteiger partial charge in [0, 0.05) is 19.3 Å². The summed E-state index contributed by atoms with van der Waals surface area (Å²) in [6.45, 7) is 8.53. The Labute approximate surface area is 134 Å². The molecule has 1 saturated carbocycles. The van der Waals surface area contributed by atoms with Crippen molar-refractivity contribution in [3.63, 3.8) is 0 Å². The second-order valence-electron chi connectivity index (χ2n) is 7.09. The Bertz CT molecular complexity index is 606. The average Bonchev–Trinajstić information content (AvgIpc) is 2.80. The zero-order valence-electron chi connectivity index (χ0n) is 13.5. The first-order chi connectivity index (χ1) is 10.6. The van der Waals surface area contributed by atoms with Crippen LogP contribution in [0.25, 0.3) is 0 Å². The van der Waals surface area contributed by atoms with Gasteiger partial charge < -0.3 is 19.7 Å². The Kier molecular flexibility index (Phi) is 3.46. The van der Waals surface area contributed by atoms with Crippen LogP contribution >= 0.6 is 0 Å². The lowest BCUT2D eigenvalue weighted by Gasteiger charge is -2.39. The van der Waals surface area contributed by atoms with Crippen LogP contribution in [0.15, 0.2) is 24.3 Å². The topological polar surface area (TPSA) is 93.1 Å². The molecule has 126 valence electrons. The fourth-order valence-electron chi connectivity index (χ4n) is 4.33. The highest BCUT2D eigenvalue weighted by molar-refractivity contribution is 5.75. The maximum Gasteiger partial charge on any atom is 0.309 e. The van der Waals surface area contributed by atoms with E-state index in [1.165, 1.54) is 19.1 Å². The summed E-state index contributed by atoms with van der Waals surface area (Å²) in [6.07, 6.45) is 1.86. The molecule has 3 aliphatic rings. The first-order valence-corrected chi connectivity index (χ1v) is 7.79. The van der Waals surface area contributed by atoms with Gasteiger partial charge in [0.2, 0.25) is 0 Å². The second kappa shape index (κ2) is 4.92. The van der Waals surface area contributed by atoms with E-state index >= 15 is 0 Å². The number of hydrogen-bond donors (Lipinski definition) is 2. The molecule has 2 fully saturated rings. The number of aliphatic hydroxyl groups is 2. The van der Waals surface area contributed by atoms with Crippen molar-refractivity contribution in [3.05, 3.63) is 24.3 Å². The standard InChI is InChI=1S/C17H22O6/c1-8-7-11(22-10(3)18)12-9(2)15(19)23-13(12)14-16(4,20)5-6-17(8,14)21/h5-6,9,11-14,20-21H,1,7H2,2-4H3. The minimum absolute atomic E-state index is 0.217. The molecule has 1 saturated heterocycles. The highest BCUT2D eigenvalue weighted by Crippen LogP contribution is 2.53. The molecule has 2 aliphatic carbocycles. The van der Waals surface area contributed by atoms with Gasteiger partial charge in [0.05, 0.1) is 17.4 Å². The highest BCUT2D eigenvalue weighted by atomic mass is 16.6. The number of fused-ring (bicyclic) bond motifs is 3. The molecule has 0 spiro atoms. The van der Waals surface area contributed by atoms with E-state index in [0.717, 1.165) is 0 Å². The van der Waals surface area contributed by atoms with Gasteiger partial charge >= 0.3 is 11.9 Å². The monoisotopic (exact) mass is 322 g/mol. The van der Waals surface area contributed by atoms with Crippen molar-refractivity contribution in [2.45, 2.75) is 50.6 Å². The molecule has 23 heavy (non-hydrogen) atoms. The van der Waals surface area contributed by atoms with E-state index < -0.39 is 53.1 Å². The van der Waals surface area contributed by atoms with Crippen molar-refractivity contribution < 1.29 is 29.3 Å². The van der Waals surface area contributed by atoms with Crippen molar-refractivity contribution in [3.8, 4) is 0 Å². The number of hydrogen-bond acceptors (Lipinski definition) is 6. The quantitative estimate of drug-likeness (QED) is 0.546. The Morgan fingerprint density at radius 1 is 1.43 bits per heavy atom. The normalized spacial score (nSPS) is 48.5. The van der Waals surface area contributed by atoms with E-state index in [0.29, 0.717) is 5.57 Å². The lowest BCUT2D eigenvalue weighted by atomic mass is 9.73. The molecule has 0 amide bonds. The predicted molar refractivity (Wildman–Crippen MR) is 80.0 cm³/mol. The van der Waals surface area contributed by atoms with E-state index in [4.69, 9.17) is 9.47 Å². The van der Waals surface area contributed by atoms with Gasteiger partial charge in [-0.3, -0.25) is 9.59 Å². The van der Waals surface area contributed by atoms with Crippen LogP contribution in [0.5, 0.6) is 0 Å². The van der Waals surface area contributed by atoms with Gasteiger partial charge in [0.25, 0.3) is 0 Å². The van der Waals surface area contributed by atoms with Crippen LogP contribution in [-0.4, -0.2) is 45.6 Å². The third-order valence-electron chi connectivity index (χ3n) is 5.45. The summed E-state index contributed by atoms with van der Waals surface area (Å²) in [7, 11) is 0. The maximum absolute atomic E-state index is 12.1. The molecule has 6 heteroatoms. The van der Waals surface area contributed by atoms with Crippen molar-refractivity contribution in [1.82, 2.24) is 0 Å². The van der Waals surface area contributed by atoms with E-state index in [1.54, 1.807) is 13.8 Å². The number of rotatable bonds is 1. The zero-order valence-corrected chi connectivity index (χ0v) is 13.5. The molecule has 1 heterocycles. The molecule has 7 unspecified atom stereocenters. The van der Waals surface area contributed by atoms with Crippen LogP contribution < -0.4 is 0 Å². The summed E-state index contributed by atoms with van der Waals surface area (Å²) in [5.41, 5.74) is -2.40. The molecule has 0 aromatic heterocycles. The summed E-state index contributed by atoms with van der Waals surface area (Å²) in [4.78, 5) is 23.6. The number of carbonyl (C=O) groups excluding carboxylic acids is 2. The molecule has 7 atom stereocenters. The van der Waals surface area contributed by atoms with Crippen LogP contribution in [-0.2, 0) is 19.1 Å². The second-order valence-corrected chi connectivity index (χ2v) is 7.09. The Morgan fingerprint density at radius 3 is 2.70 bits per heavy atom. The van der Waals surface area contributed by atoms with Gasteiger partial charge in [-0.2, -0.15) is 0 Å². The van der Waals surface area contributed by atoms with Gasteiger partial charge in [-0.05, 0) is 18.6 Å². The Balaban J connectivity index is 2.10. The highest BCUT2D eigenvalue weighted by Gasteiger charge is 2.64. The molecule has 0 aromatic rings. The number of ether oxygens (including phenoxy) is 2. The van der Waals surface area contributed by atoms with Gasteiger partial charge in [0.15, 0.2) is 0 Å². The van der Waals surface area contributed by atoms with Crippen LogP contribution in [0.3, 0.4) is 0 Å². The molecule has 1 aliphatic heterocycles. The summed E-state index contributed by atoms with van der Waals surface area (Å²) in [5, 5.41) is 21.8. The van der Waals surface area contributed by atoms with Gasteiger partial charge in [-0.1, -0.05) is 19.6 Å². The fourth-order valence-corrected chi connectivity index (χ4v) is 4.33. The van der Waals surface area contributed by atoms with Crippen molar-refractivity contribution in [1.29, 1.82) is 0 Å². The van der Waals surface area contributed by atoms with E-state index in [9.17, 15) is 19.8 Å². The smallest absolute Gasteiger partial charge is 0.309 e.